The van der Waals surface area contributed by atoms with Crippen molar-refractivity contribution in [3.8, 4) is 11.3 Å². The molecule has 2 aromatic carbocycles. The highest BCUT2D eigenvalue weighted by Gasteiger charge is 2.09. The zero-order valence-electron chi connectivity index (χ0n) is 13.3. The quantitative estimate of drug-likeness (QED) is 0.740. The second-order valence-corrected chi connectivity index (χ2v) is 5.53. The molecule has 1 heterocycles. The molecule has 0 radical (unpaired) electrons. The zero-order chi connectivity index (χ0) is 17.6. The summed E-state index contributed by atoms with van der Waals surface area (Å²) in [6.45, 7) is 0.267. The van der Waals surface area contributed by atoms with Crippen LogP contribution in [0.25, 0.3) is 11.3 Å². The summed E-state index contributed by atoms with van der Waals surface area (Å²) >= 11 is 0. The van der Waals surface area contributed by atoms with Gasteiger partial charge in [0, 0.05) is 24.9 Å². The number of benzene rings is 2. The number of nitrogens with one attached hydrogen (secondary N) is 1. The molecular formula is C19H16F2N2O2. The number of aromatic nitrogens is 1. The van der Waals surface area contributed by atoms with Crippen LogP contribution >= 0.6 is 0 Å². The van der Waals surface area contributed by atoms with Crippen molar-refractivity contribution in [3.05, 3.63) is 77.8 Å². The van der Waals surface area contributed by atoms with Crippen molar-refractivity contribution < 1.29 is 18.0 Å². The molecule has 4 nitrogen and oxygen atoms in total. The van der Waals surface area contributed by atoms with Gasteiger partial charge in [0.2, 0.25) is 5.91 Å². The Morgan fingerprint density at radius 1 is 1.08 bits per heavy atom. The fourth-order valence-electron chi connectivity index (χ4n) is 2.33. The van der Waals surface area contributed by atoms with Crippen molar-refractivity contribution in [3.63, 3.8) is 0 Å². The molecule has 1 N–H and O–H groups in total. The summed E-state index contributed by atoms with van der Waals surface area (Å²) in [4.78, 5) is 16.0. The molecular weight excluding hydrogens is 326 g/mol. The summed E-state index contributed by atoms with van der Waals surface area (Å²) in [5, 5.41) is 2.72. The smallest absolute Gasteiger partial charge is 0.220 e. The van der Waals surface area contributed by atoms with Gasteiger partial charge in [0.1, 0.15) is 11.6 Å². The van der Waals surface area contributed by atoms with E-state index in [4.69, 9.17) is 4.42 Å². The first-order chi connectivity index (χ1) is 12.1. The number of rotatable bonds is 6. The lowest BCUT2D eigenvalue weighted by molar-refractivity contribution is -0.121. The molecule has 3 rings (SSSR count). The van der Waals surface area contributed by atoms with E-state index >= 15 is 0 Å². The van der Waals surface area contributed by atoms with E-state index in [1.165, 1.54) is 24.3 Å². The van der Waals surface area contributed by atoms with Crippen LogP contribution in [-0.2, 0) is 17.8 Å². The summed E-state index contributed by atoms with van der Waals surface area (Å²) < 4.78 is 31.6. The zero-order valence-corrected chi connectivity index (χ0v) is 13.3. The second-order valence-electron chi connectivity index (χ2n) is 5.53. The van der Waals surface area contributed by atoms with Gasteiger partial charge in [0.15, 0.2) is 11.7 Å². The Kier molecular flexibility index (Phi) is 5.18. The highest BCUT2D eigenvalue weighted by Crippen LogP contribution is 2.21. The molecule has 0 saturated heterocycles. The first kappa shape index (κ1) is 16.8. The molecule has 6 heteroatoms. The van der Waals surface area contributed by atoms with Crippen molar-refractivity contribution in [1.29, 1.82) is 0 Å². The van der Waals surface area contributed by atoms with Gasteiger partial charge in [-0.25, -0.2) is 13.8 Å². The Balaban J connectivity index is 1.50. The van der Waals surface area contributed by atoms with Crippen LogP contribution in [0.2, 0.25) is 0 Å². The fourth-order valence-corrected chi connectivity index (χ4v) is 2.33. The summed E-state index contributed by atoms with van der Waals surface area (Å²) in [5.41, 5.74) is 1.42. The first-order valence-electron chi connectivity index (χ1n) is 7.82. The van der Waals surface area contributed by atoms with Gasteiger partial charge >= 0.3 is 0 Å². The lowest BCUT2D eigenvalue weighted by Crippen LogP contribution is -2.23. The minimum Gasteiger partial charge on any atom is -0.441 e. The maximum Gasteiger partial charge on any atom is 0.220 e. The number of nitrogens with zero attached hydrogens (tertiary/aromatic N) is 1. The number of carbonyl (C=O) groups is 1. The molecule has 0 unspecified atom stereocenters. The summed E-state index contributed by atoms with van der Waals surface area (Å²) in [6, 6.07) is 12.0. The monoisotopic (exact) mass is 342 g/mol. The van der Waals surface area contributed by atoms with E-state index in [1.54, 1.807) is 30.5 Å². The third kappa shape index (κ3) is 4.73. The van der Waals surface area contributed by atoms with Crippen molar-refractivity contribution in [2.45, 2.75) is 19.4 Å². The molecule has 1 aromatic heterocycles. The third-order valence-electron chi connectivity index (χ3n) is 3.63. The Hall–Kier alpha value is -3.02. The lowest BCUT2D eigenvalue weighted by Gasteiger charge is -2.04. The van der Waals surface area contributed by atoms with Gasteiger partial charge in [-0.1, -0.05) is 12.1 Å². The first-order valence-corrected chi connectivity index (χ1v) is 7.82. The maximum atomic E-state index is 13.1. The van der Waals surface area contributed by atoms with Crippen LogP contribution in [0.3, 0.4) is 0 Å². The minimum absolute atomic E-state index is 0.175. The Morgan fingerprint density at radius 2 is 1.88 bits per heavy atom. The van der Waals surface area contributed by atoms with Gasteiger partial charge < -0.3 is 9.73 Å². The van der Waals surface area contributed by atoms with Crippen molar-refractivity contribution in [2.24, 2.45) is 0 Å². The lowest BCUT2D eigenvalue weighted by atomic mass is 10.2. The molecule has 0 atom stereocenters. The Bertz CT molecular complexity index is 860. The highest BCUT2D eigenvalue weighted by atomic mass is 19.1. The average molecular weight is 342 g/mol. The van der Waals surface area contributed by atoms with Gasteiger partial charge in [0.25, 0.3) is 0 Å². The van der Waals surface area contributed by atoms with Crippen LogP contribution in [-0.4, -0.2) is 10.9 Å². The Labute approximate surface area is 143 Å². The summed E-state index contributed by atoms with van der Waals surface area (Å²) in [7, 11) is 0. The van der Waals surface area contributed by atoms with E-state index in [0.717, 1.165) is 5.56 Å². The van der Waals surface area contributed by atoms with E-state index in [-0.39, 0.29) is 30.5 Å². The van der Waals surface area contributed by atoms with Crippen LogP contribution < -0.4 is 5.32 Å². The van der Waals surface area contributed by atoms with Crippen LogP contribution in [0.1, 0.15) is 17.9 Å². The largest absolute Gasteiger partial charge is 0.441 e. The van der Waals surface area contributed by atoms with Gasteiger partial charge in [-0.3, -0.25) is 4.79 Å². The number of aryl methyl sites for hydroxylation is 1. The van der Waals surface area contributed by atoms with Crippen LogP contribution in [0.15, 0.2) is 59.1 Å². The number of carbonyl (C=O) groups excluding carboxylic acids is 1. The van der Waals surface area contributed by atoms with Crippen molar-refractivity contribution >= 4 is 5.91 Å². The van der Waals surface area contributed by atoms with E-state index in [9.17, 15) is 13.6 Å². The predicted molar refractivity (Wildman–Crippen MR) is 88.5 cm³/mol. The fraction of sp³-hybridized carbons (Fsp3) is 0.158. The molecule has 0 fully saturated rings. The molecule has 128 valence electrons. The van der Waals surface area contributed by atoms with Crippen molar-refractivity contribution in [2.75, 3.05) is 0 Å². The second kappa shape index (κ2) is 7.70. The molecule has 25 heavy (non-hydrogen) atoms. The molecule has 0 bridgehead atoms. The van der Waals surface area contributed by atoms with E-state index in [0.29, 0.717) is 23.6 Å². The Morgan fingerprint density at radius 3 is 2.64 bits per heavy atom. The predicted octanol–water partition coefficient (Wildman–Crippen LogP) is 3.87. The SMILES string of the molecule is O=C(CCc1ncc(-c2ccc(F)cc2)o1)NCc1cccc(F)c1. The van der Waals surface area contributed by atoms with Gasteiger partial charge in [-0.15, -0.1) is 0 Å². The standard InChI is InChI=1S/C19H16F2N2O2/c20-15-6-4-14(5-7-15)17-12-23-19(25-17)9-8-18(24)22-11-13-2-1-3-16(21)10-13/h1-7,10,12H,8-9,11H2,(H,22,24). The summed E-state index contributed by atoms with van der Waals surface area (Å²) in [5.74, 6) is 0.125. The topological polar surface area (TPSA) is 55.1 Å². The molecule has 0 aliphatic heterocycles. The molecule has 0 spiro atoms. The van der Waals surface area contributed by atoms with E-state index in [2.05, 4.69) is 10.3 Å². The van der Waals surface area contributed by atoms with Crippen LogP contribution in [0.5, 0.6) is 0 Å². The van der Waals surface area contributed by atoms with Gasteiger partial charge in [-0.05, 0) is 42.0 Å². The normalized spacial score (nSPS) is 10.6. The minimum atomic E-state index is -0.333. The van der Waals surface area contributed by atoms with Crippen LogP contribution in [0, 0.1) is 11.6 Å². The third-order valence-corrected chi connectivity index (χ3v) is 3.63. The van der Waals surface area contributed by atoms with E-state index in [1.807, 2.05) is 0 Å². The number of hydrogen-bond donors (Lipinski definition) is 1. The molecule has 3 aromatic rings. The summed E-state index contributed by atoms with van der Waals surface area (Å²) in [6.07, 6.45) is 2.10. The van der Waals surface area contributed by atoms with E-state index < -0.39 is 0 Å². The van der Waals surface area contributed by atoms with Crippen molar-refractivity contribution in [1.82, 2.24) is 10.3 Å². The molecule has 0 aliphatic carbocycles. The highest BCUT2D eigenvalue weighted by molar-refractivity contribution is 5.76. The van der Waals surface area contributed by atoms with Gasteiger partial charge in [0.05, 0.1) is 6.20 Å². The number of oxazole rings is 1. The number of amides is 1. The van der Waals surface area contributed by atoms with Crippen LogP contribution in [0.4, 0.5) is 8.78 Å². The number of halogens is 2. The number of hydrogen-bond acceptors (Lipinski definition) is 3. The molecule has 1 amide bonds. The van der Waals surface area contributed by atoms with Gasteiger partial charge in [-0.2, -0.15) is 0 Å². The maximum absolute atomic E-state index is 13.1. The molecule has 0 aliphatic rings. The average Bonchev–Trinajstić information content (AvgIpc) is 3.08. The molecule has 0 saturated carbocycles.